The van der Waals surface area contributed by atoms with E-state index in [1.54, 1.807) is 0 Å². The lowest BCUT2D eigenvalue weighted by Crippen LogP contribution is -2.45. The summed E-state index contributed by atoms with van der Waals surface area (Å²) in [7, 11) is 0. The van der Waals surface area contributed by atoms with Gasteiger partial charge < -0.3 is 9.72 Å². The number of alkyl halides is 6. The second-order valence-electron chi connectivity index (χ2n) is 7.13. The Morgan fingerprint density at radius 3 is 1.79 bits per heavy atom. The Balaban J connectivity index is 1.66. The molecule has 1 heterocycles. The fraction of sp³-hybridized carbons (Fsp3) is 0.125. The molecule has 0 aliphatic rings. The smallest absolute Gasteiger partial charge is 0.430 e. The number of benzene rings is 3. The summed E-state index contributed by atoms with van der Waals surface area (Å²) in [6.45, 7) is 0. The van der Waals surface area contributed by atoms with Crippen LogP contribution in [0.2, 0.25) is 0 Å². The number of ether oxygens (including phenoxy) is 1. The molecule has 0 fully saturated rings. The summed E-state index contributed by atoms with van der Waals surface area (Å²) in [5.41, 5.74) is 3.58. The maximum Gasteiger partial charge on any atom is 0.439 e. The topological polar surface area (TPSA) is 37.9 Å². The molecule has 0 radical (unpaired) electrons. The van der Waals surface area contributed by atoms with E-state index in [0.717, 1.165) is 29.0 Å². The zero-order chi connectivity index (χ0) is 23.6. The van der Waals surface area contributed by atoms with Crippen LogP contribution >= 0.6 is 0 Å². The average molecular weight is 462 g/mol. The largest absolute Gasteiger partial charge is 0.439 e. The Morgan fingerprint density at radius 1 is 0.697 bits per heavy atom. The lowest BCUT2D eigenvalue weighted by Gasteiger charge is -2.23. The number of rotatable bonds is 6. The van der Waals surface area contributed by atoms with Gasteiger partial charge in [-0.05, 0) is 24.3 Å². The van der Waals surface area contributed by atoms with Gasteiger partial charge >= 0.3 is 12.3 Å². The molecule has 4 rings (SSSR count). The summed E-state index contributed by atoms with van der Waals surface area (Å²) in [5, 5.41) is 0. The number of aromatic amines is 1. The van der Waals surface area contributed by atoms with Gasteiger partial charge in [-0.2, -0.15) is 22.0 Å². The monoisotopic (exact) mass is 462 g/mol. The first-order valence-electron chi connectivity index (χ1n) is 9.74. The minimum Gasteiger partial charge on any atom is -0.430 e. The minimum absolute atomic E-state index is 0.407. The Hall–Kier alpha value is -3.75. The van der Waals surface area contributed by atoms with Gasteiger partial charge in [-0.1, -0.05) is 60.7 Å². The van der Waals surface area contributed by atoms with Crippen molar-refractivity contribution in [2.75, 3.05) is 0 Å². The SMILES string of the molecule is F[C@H](C(F)(F)F)C(F)(F)Oc1ccc(-c2nc(-c3ccccc3)c(-c3ccccc3)[nH]2)cc1. The van der Waals surface area contributed by atoms with Crippen molar-refractivity contribution in [2.45, 2.75) is 18.5 Å². The van der Waals surface area contributed by atoms with Crippen LogP contribution in [0.5, 0.6) is 5.75 Å². The van der Waals surface area contributed by atoms with Crippen LogP contribution in [0, 0.1) is 0 Å². The third-order valence-corrected chi connectivity index (χ3v) is 4.78. The van der Waals surface area contributed by atoms with Gasteiger partial charge in [0.2, 0.25) is 0 Å². The molecule has 9 heteroatoms. The molecule has 1 N–H and O–H groups in total. The van der Waals surface area contributed by atoms with E-state index in [1.807, 2.05) is 60.7 Å². The first-order chi connectivity index (χ1) is 15.6. The van der Waals surface area contributed by atoms with E-state index in [0.29, 0.717) is 17.1 Å². The highest BCUT2D eigenvalue weighted by Gasteiger charge is 2.59. The molecule has 3 aromatic carbocycles. The summed E-state index contributed by atoms with van der Waals surface area (Å²) >= 11 is 0. The van der Waals surface area contributed by atoms with Gasteiger partial charge in [0, 0.05) is 16.7 Å². The van der Waals surface area contributed by atoms with E-state index < -0.39 is 24.2 Å². The van der Waals surface area contributed by atoms with Crippen molar-refractivity contribution >= 4 is 0 Å². The fourth-order valence-corrected chi connectivity index (χ4v) is 3.21. The molecule has 4 aromatic rings. The quantitative estimate of drug-likeness (QED) is 0.306. The lowest BCUT2D eigenvalue weighted by molar-refractivity contribution is -0.304. The van der Waals surface area contributed by atoms with E-state index in [9.17, 15) is 26.3 Å². The molecule has 170 valence electrons. The van der Waals surface area contributed by atoms with E-state index >= 15 is 0 Å². The lowest BCUT2D eigenvalue weighted by atomic mass is 10.1. The summed E-state index contributed by atoms with van der Waals surface area (Å²) in [4.78, 5) is 7.85. The van der Waals surface area contributed by atoms with Crippen LogP contribution in [0.15, 0.2) is 84.9 Å². The van der Waals surface area contributed by atoms with Crippen molar-refractivity contribution in [3.63, 3.8) is 0 Å². The minimum atomic E-state index is -5.75. The van der Waals surface area contributed by atoms with E-state index in [4.69, 9.17) is 0 Å². The average Bonchev–Trinajstić information content (AvgIpc) is 3.25. The van der Waals surface area contributed by atoms with Crippen LogP contribution in [0.4, 0.5) is 26.3 Å². The van der Waals surface area contributed by atoms with Crippen LogP contribution in [0.1, 0.15) is 0 Å². The van der Waals surface area contributed by atoms with Crippen molar-refractivity contribution in [1.29, 1.82) is 0 Å². The molecule has 1 aromatic heterocycles. The number of H-pyrrole nitrogens is 1. The van der Waals surface area contributed by atoms with Crippen molar-refractivity contribution in [3.05, 3.63) is 84.9 Å². The van der Waals surface area contributed by atoms with Crippen LogP contribution in [0.3, 0.4) is 0 Å². The number of nitrogens with one attached hydrogen (secondary N) is 1. The standard InChI is InChI=1S/C24H16F6N2O/c25-22(23(26,27)28)24(29,30)33-18-13-11-17(12-14-18)21-31-19(15-7-3-1-4-8-15)20(32-21)16-9-5-2-6-10-16/h1-14,22H,(H,31,32)/t22-/m1/s1. The summed E-state index contributed by atoms with van der Waals surface area (Å²) in [5.74, 6) is -0.210. The molecule has 0 amide bonds. The normalized spacial score (nSPS) is 13.0. The molecule has 0 spiro atoms. The number of hydrogen-bond acceptors (Lipinski definition) is 2. The predicted molar refractivity (Wildman–Crippen MR) is 111 cm³/mol. The van der Waals surface area contributed by atoms with Crippen molar-refractivity contribution in [3.8, 4) is 39.7 Å². The molecule has 0 unspecified atom stereocenters. The molecule has 0 aliphatic carbocycles. The molecule has 0 saturated carbocycles. The molecule has 33 heavy (non-hydrogen) atoms. The Morgan fingerprint density at radius 2 is 1.24 bits per heavy atom. The Kier molecular flexibility index (Phi) is 5.88. The zero-order valence-corrected chi connectivity index (χ0v) is 16.8. The number of aromatic nitrogens is 2. The highest BCUT2D eigenvalue weighted by molar-refractivity contribution is 5.81. The number of imidazole rings is 1. The molecule has 0 saturated heterocycles. The van der Waals surface area contributed by atoms with Gasteiger partial charge in [-0.25, -0.2) is 9.37 Å². The zero-order valence-electron chi connectivity index (χ0n) is 16.8. The van der Waals surface area contributed by atoms with Crippen LogP contribution in [0.25, 0.3) is 33.9 Å². The third kappa shape index (κ3) is 4.87. The Bertz CT molecular complexity index is 1150. The van der Waals surface area contributed by atoms with Gasteiger partial charge in [-0.15, -0.1) is 0 Å². The maximum atomic E-state index is 13.5. The van der Waals surface area contributed by atoms with Crippen molar-refractivity contribution in [2.24, 2.45) is 0 Å². The summed E-state index contributed by atoms with van der Waals surface area (Å²) < 4.78 is 81.0. The summed E-state index contributed by atoms with van der Waals surface area (Å²) in [6.07, 6.45) is -15.3. The van der Waals surface area contributed by atoms with Crippen LogP contribution < -0.4 is 4.74 Å². The highest BCUT2D eigenvalue weighted by Crippen LogP contribution is 2.37. The predicted octanol–water partition coefficient (Wildman–Crippen LogP) is 7.28. The van der Waals surface area contributed by atoms with E-state index in [2.05, 4.69) is 14.7 Å². The highest BCUT2D eigenvalue weighted by atomic mass is 19.4. The van der Waals surface area contributed by atoms with Gasteiger partial charge in [0.05, 0.1) is 11.4 Å². The second-order valence-corrected chi connectivity index (χ2v) is 7.13. The number of halogens is 6. The molecule has 1 atom stereocenters. The Labute approximate surface area is 184 Å². The van der Waals surface area contributed by atoms with Crippen molar-refractivity contribution in [1.82, 2.24) is 9.97 Å². The fourth-order valence-electron chi connectivity index (χ4n) is 3.21. The third-order valence-electron chi connectivity index (χ3n) is 4.78. The van der Waals surface area contributed by atoms with E-state index in [-0.39, 0.29) is 0 Å². The van der Waals surface area contributed by atoms with Crippen LogP contribution in [-0.4, -0.2) is 28.4 Å². The van der Waals surface area contributed by atoms with Gasteiger partial charge in [-0.3, -0.25) is 0 Å². The first kappa shape index (κ1) is 22.4. The molecule has 3 nitrogen and oxygen atoms in total. The molecular weight excluding hydrogens is 446 g/mol. The van der Waals surface area contributed by atoms with E-state index in [1.165, 1.54) is 12.1 Å². The van der Waals surface area contributed by atoms with Crippen LogP contribution in [-0.2, 0) is 0 Å². The molecular formula is C24H16F6N2O. The summed E-state index contributed by atoms with van der Waals surface area (Å²) in [6, 6.07) is 23.5. The molecule has 0 aliphatic heterocycles. The maximum absolute atomic E-state index is 13.5. The van der Waals surface area contributed by atoms with Gasteiger partial charge in [0.1, 0.15) is 11.6 Å². The second kappa shape index (κ2) is 8.65. The van der Waals surface area contributed by atoms with Gasteiger partial charge in [0.25, 0.3) is 6.17 Å². The molecule has 0 bridgehead atoms. The number of nitrogens with zero attached hydrogens (tertiary/aromatic N) is 1. The van der Waals surface area contributed by atoms with Crippen molar-refractivity contribution < 1.29 is 31.1 Å². The first-order valence-corrected chi connectivity index (χ1v) is 9.74. The number of hydrogen-bond donors (Lipinski definition) is 1. The van der Waals surface area contributed by atoms with Gasteiger partial charge in [0.15, 0.2) is 0 Å².